The number of nitrogens with zero attached hydrogens (tertiary/aromatic N) is 1. The van der Waals surface area contributed by atoms with Gasteiger partial charge in [-0.3, -0.25) is 9.79 Å². The van der Waals surface area contributed by atoms with Crippen molar-refractivity contribution in [2.24, 2.45) is 22.2 Å². The molecule has 0 heterocycles. The Morgan fingerprint density at radius 1 is 0.967 bits per heavy atom. The summed E-state index contributed by atoms with van der Waals surface area (Å²) in [5.74, 6) is 2.16. The molecule has 4 aliphatic carbocycles. The standard InChI is InChI=1S/C26H29NO3/c1-29-23-9-3-18(4-10-23)16-27-22-7-5-21(6-8-22)25-12-19-11-20(13-25)15-26(14-19,17-25)24(28)30-2/h3-10,16,19-20H,11-15,17H2,1-2H3. The molecule has 0 aromatic heterocycles. The van der Waals surface area contributed by atoms with Crippen LogP contribution in [0.3, 0.4) is 0 Å². The summed E-state index contributed by atoms with van der Waals surface area (Å²) in [5, 5.41) is 0. The second kappa shape index (κ2) is 7.26. The number of aliphatic imine (C=N–C) groups is 1. The van der Waals surface area contributed by atoms with E-state index < -0.39 is 0 Å². The summed E-state index contributed by atoms with van der Waals surface area (Å²) < 4.78 is 10.5. The van der Waals surface area contributed by atoms with Gasteiger partial charge in [-0.15, -0.1) is 0 Å². The summed E-state index contributed by atoms with van der Waals surface area (Å²) in [6.07, 6.45) is 8.54. The molecule has 4 heteroatoms. The normalized spacial score (nSPS) is 31.8. The van der Waals surface area contributed by atoms with Crippen molar-refractivity contribution < 1.29 is 14.3 Å². The van der Waals surface area contributed by atoms with Crippen LogP contribution in [0.15, 0.2) is 53.5 Å². The van der Waals surface area contributed by atoms with Gasteiger partial charge >= 0.3 is 5.97 Å². The number of hydrogen-bond donors (Lipinski definition) is 0. The molecule has 6 rings (SSSR count). The summed E-state index contributed by atoms with van der Waals surface area (Å²) in [5.41, 5.74) is 3.22. The van der Waals surface area contributed by atoms with E-state index in [0.29, 0.717) is 11.8 Å². The topological polar surface area (TPSA) is 47.9 Å². The van der Waals surface area contributed by atoms with Gasteiger partial charge in [-0.2, -0.15) is 0 Å². The van der Waals surface area contributed by atoms with E-state index >= 15 is 0 Å². The largest absolute Gasteiger partial charge is 0.497 e. The minimum Gasteiger partial charge on any atom is -0.497 e. The first-order valence-corrected chi connectivity index (χ1v) is 10.9. The predicted molar refractivity (Wildman–Crippen MR) is 117 cm³/mol. The number of methoxy groups -OCH3 is 2. The van der Waals surface area contributed by atoms with Crippen molar-refractivity contribution in [3.8, 4) is 5.75 Å². The van der Waals surface area contributed by atoms with Gasteiger partial charge in [0.05, 0.1) is 25.3 Å². The maximum atomic E-state index is 12.7. The Morgan fingerprint density at radius 3 is 2.23 bits per heavy atom. The lowest BCUT2D eigenvalue weighted by molar-refractivity contribution is -0.171. The molecule has 4 bridgehead atoms. The minimum atomic E-state index is -0.260. The molecule has 4 aliphatic rings. The molecular formula is C26H29NO3. The van der Waals surface area contributed by atoms with Crippen molar-refractivity contribution >= 4 is 17.9 Å². The zero-order chi connectivity index (χ0) is 20.8. The van der Waals surface area contributed by atoms with E-state index in [0.717, 1.165) is 36.3 Å². The Balaban J connectivity index is 1.37. The molecule has 2 aromatic rings. The average molecular weight is 404 g/mol. The summed E-state index contributed by atoms with van der Waals surface area (Å²) in [7, 11) is 3.21. The summed E-state index contributed by atoms with van der Waals surface area (Å²) in [6, 6.07) is 16.6. The second-order valence-corrected chi connectivity index (χ2v) is 9.59. The number of esters is 1. The average Bonchev–Trinajstić information content (AvgIpc) is 2.77. The maximum absolute atomic E-state index is 12.7. The molecule has 0 saturated heterocycles. The lowest BCUT2D eigenvalue weighted by atomic mass is 9.43. The fourth-order valence-corrected chi connectivity index (χ4v) is 6.80. The highest BCUT2D eigenvalue weighted by atomic mass is 16.5. The van der Waals surface area contributed by atoms with E-state index in [1.165, 1.54) is 24.8 Å². The third kappa shape index (κ3) is 3.23. The fraction of sp³-hybridized carbons (Fsp3) is 0.462. The van der Waals surface area contributed by atoms with E-state index in [4.69, 9.17) is 9.47 Å². The van der Waals surface area contributed by atoms with Crippen LogP contribution in [0.4, 0.5) is 5.69 Å². The van der Waals surface area contributed by atoms with Crippen molar-refractivity contribution in [1.29, 1.82) is 0 Å². The van der Waals surface area contributed by atoms with Crippen LogP contribution in [0.25, 0.3) is 0 Å². The molecule has 4 fully saturated rings. The van der Waals surface area contributed by atoms with E-state index in [-0.39, 0.29) is 16.8 Å². The molecule has 4 saturated carbocycles. The van der Waals surface area contributed by atoms with Gasteiger partial charge in [0, 0.05) is 6.21 Å². The van der Waals surface area contributed by atoms with E-state index in [2.05, 4.69) is 29.3 Å². The molecule has 4 nitrogen and oxygen atoms in total. The molecule has 2 aromatic carbocycles. The Bertz CT molecular complexity index is 947. The van der Waals surface area contributed by atoms with Crippen molar-refractivity contribution in [3.63, 3.8) is 0 Å². The van der Waals surface area contributed by atoms with Gasteiger partial charge in [-0.25, -0.2) is 0 Å². The predicted octanol–water partition coefficient (Wildman–Crippen LogP) is 5.46. The second-order valence-electron chi connectivity index (χ2n) is 9.59. The van der Waals surface area contributed by atoms with Gasteiger partial charge < -0.3 is 9.47 Å². The lowest BCUT2D eigenvalue weighted by Crippen LogP contribution is -2.57. The zero-order valence-corrected chi connectivity index (χ0v) is 17.8. The summed E-state index contributed by atoms with van der Waals surface area (Å²) in [4.78, 5) is 17.3. The van der Waals surface area contributed by atoms with Crippen molar-refractivity contribution in [1.82, 2.24) is 0 Å². The molecule has 30 heavy (non-hydrogen) atoms. The highest BCUT2D eigenvalue weighted by molar-refractivity contribution is 5.82. The molecule has 0 amide bonds. The first kappa shape index (κ1) is 19.3. The molecule has 0 spiro atoms. The Labute approximate surface area is 178 Å². The van der Waals surface area contributed by atoms with E-state index in [1.807, 2.05) is 30.5 Å². The molecule has 156 valence electrons. The van der Waals surface area contributed by atoms with Crippen molar-refractivity contribution in [2.75, 3.05) is 14.2 Å². The first-order chi connectivity index (χ1) is 14.5. The smallest absolute Gasteiger partial charge is 0.311 e. The molecule has 0 N–H and O–H groups in total. The number of ether oxygens (including phenoxy) is 2. The van der Waals surface area contributed by atoms with Crippen LogP contribution < -0.4 is 4.74 Å². The van der Waals surface area contributed by atoms with Crippen LogP contribution in [-0.4, -0.2) is 26.4 Å². The van der Waals surface area contributed by atoms with E-state index in [1.54, 1.807) is 14.2 Å². The quantitative estimate of drug-likeness (QED) is 0.492. The van der Waals surface area contributed by atoms with E-state index in [9.17, 15) is 4.79 Å². The minimum absolute atomic E-state index is 0.0155. The van der Waals surface area contributed by atoms with Crippen LogP contribution in [0.1, 0.15) is 49.7 Å². The van der Waals surface area contributed by atoms with Crippen LogP contribution in [0, 0.1) is 17.3 Å². The Hall–Kier alpha value is -2.62. The third-order valence-corrected chi connectivity index (χ3v) is 7.64. The summed E-state index contributed by atoms with van der Waals surface area (Å²) in [6.45, 7) is 0. The Morgan fingerprint density at radius 2 is 1.63 bits per heavy atom. The van der Waals surface area contributed by atoms with Crippen LogP contribution in [-0.2, 0) is 14.9 Å². The van der Waals surface area contributed by atoms with Gasteiger partial charge in [0.15, 0.2) is 0 Å². The molecule has 0 aliphatic heterocycles. The third-order valence-electron chi connectivity index (χ3n) is 7.64. The fourth-order valence-electron chi connectivity index (χ4n) is 6.80. The van der Waals surface area contributed by atoms with Gasteiger partial charge in [0.2, 0.25) is 0 Å². The molecule has 2 atom stereocenters. The highest BCUT2D eigenvalue weighted by Gasteiger charge is 2.61. The number of carbonyl (C=O) groups excluding carboxylic acids is 1. The first-order valence-electron chi connectivity index (χ1n) is 10.9. The van der Waals surface area contributed by atoms with Gasteiger partial charge in [-0.05, 0) is 103 Å². The maximum Gasteiger partial charge on any atom is 0.311 e. The number of rotatable bonds is 5. The molecule has 0 radical (unpaired) electrons. The molecule has 2 unspecified atom stereocenters. The monoisotopic (exact) mass is 403 g/mol. The van der Waals surface area contributed by atoms with Crippen molar-refractivity contribution in [2.45, 2.75) is 43.9 Å². The number of carbonyl (C=O) groups is 1. The van der Waals surface area contributed by atoms with Gasteiger partial charge in [0.25, 0.3) is 0 Å². The van der Waals surface area contributed by atoms with Gasteiger partial charge in [0.1, 0.15) is 5.75 Å². The SMILES string of the molecule is COC(=O)C12CC3CC(C1)CC(c1ccc(N=Cc4ccc(OC)cc4)cc1)(C3)C2. The van der Waals surface area contributed by atoms with Crippen LogP contribution in [0.2, 0.25) is 0 Å². The number of benzene rings is 2. The molecular weight excluding hydrogens is 374 g/mol. The van der Waals surface area contributed by atoms with Crippen LogP contribution >= 0.6 is 0 Å². The highest BCUT2D eigenvalue weighted by Crippen LogP contribution is 2.66. The summed E-state index contributed by atoms with van der Waals surface area (Å²) >= 11 is 0. The van der Waals surface area contributed by atoms with Crippen molar-refractivity contribution in [3.05, 3.63) is 59.7 Å². The number of hydrogen-bond acceptors (Lipinski definition) is 4. The Kier molecular flexibility index (Phi) is 4.68. The lowest BCUT2D eigenvalue weighted by Gasteiger charge is -2.61. The zero-order valence-electron chi connectivity index (χ0n) is 17.8. The van der Waals surface area contributed by atoms with Gasteiger partial charge in [-0.1, -0.05) is 12.1 Å². The van der Waals surface area contributed by atoms with Crippen LogP contribution in [0.5, 0.6) is 5.75 Å².